The lowest BCUT2D eigenvalue weighted by Gasteiger charge is -2.44. The van der Waals surface area contributed by atoms with Crippen LogP contribution in [0, 0.1) is 5.82 Å². The minimum Gasteiger partial charge on any atom is -0.380 e. The lowest BCUT2D eigenvalue weighted by atomic mass is 9.85. The summed E-state index contributed by atoms with van der Waals surface area (Å²) < 4.78 is 18.9. The van der Waals surface area contributed by atoms with E-state index >= 15 is 0 Å². The van der Waals surface area contributed by atoms with Gasteiger partial charge in [-0.3, -0.25) is 4.90 Å². The van der Waals surface area contributed by atoms with Crippen molar-refractivity contribution in [3.63, 3.8) is 0 Å². The number of benzene rings is 1. The van der Waals surface area contributed by atoms with Gasteiger partial charge in [0.2, 0.25) is 0 Å². The summed E-state index contributed by atoms with van der Waals surface area (Å²) in [6.07, 6.45) is 0. The zero-order valence-electron chi connectivity index (χ0n) is 13.5. The van der Waals surface area contributed by atoms with Crippen LogP contribution in [0.2, 0.25) is 0 Å². The third kappa shape index (κ3) is 2.78. The van der Waals surface area contributed by atoms with E-state index in [1.807, 2.05) is 6.07 Å². The van der Waals surface area contributed by atoms with Gasteiger partial charge in [-0.05, 0) is 44.0 Å². The second kappa shape index (κ2) is 5.89. The van der Waals surface area contributed by atoms with Crippen molar-refractivity contribution in [2.24, 2.45) is 0 Å². The second-order valence-electron chi connectivity index (χ2n) is 6.79. The zero-order chi connectivity index (χ0) is 15.9. The quantitative estimate of drug-likeness (QED) is 0.893. The average molecular weight is 308 g/mol. The molecule has 0 spiro atoms. The van der Waals surface area contributed by atoms with Crippen molar-refractivity contribution in [2.75, 3.05) is 26.3 Å². The van der Waals surface area contributed by atoms with E-state index in [4.69, 9.17) is 4.74 Å². The van der Waals surface area contributed by atoms with Crippen molar-refractivity contribution < 1.29 is 14.2 Å². The van der Waals surface area contributed by atoms with Crippen molar-refractivity contribution >= 4 is 0 Å². The molecule has 1 aromatic rings. The molecule has 2 N–H and O–H groups in total. The van der Waals surface area contributed by atoms with Gasteiger partial charge in [0.1, 0.15) is 11.4 Å². The van der Waals surface area contributed by atoms with Gasteiger partial charge < -0.3 is 15.2 Å². The Labute approximate surface area is 131 Å². The molecule has 0 saturated carbocycles. The monoisotopic (exact) mass is 308 g/mol. The van der Waals surface area contributed by atoms with E-state index in [0.717, 1.165) is 18.7 Å². The van der Waals surface area contributed by atoms with Gasteiger partial charge >= 0.3 is 0 Å². The maximum Gasteiger partial charge on any atom is 0.136 e. The van der Waals surface area contributed by atoms with Gasteiger partial charge in [0.05, 0.1) is 13.2 Å². The van der Waals surface area contributed by atoms with Crippen LogP contribution in [0.4, 0.5) is 4.39 Å². The molecule has 0 bridgehead atoms. The first-order chi connectivity index (χ1) is 10.4. The van der Waals surface area contributed by atoms with Crippen molar-refractivity contribution in [1.82, 2.24) is 10.2 Å². The SMILES string of the molecule is CC(c1ccc(F)cc1C1(O)COC1)N1C[C@H](C)NC[C@H]1C. The summed E-state index contributed by atoms with van der Waals surface area (Å²) in [6.45, 7) is 8.86. The van der Waals surface area contributed by atoms with Crippen LogP contribution in [0.3, 0.4) is 0 Å². The lowest BCUT2D eigenvalue weighted by Crippen LogP contribution is -2.55. The summed E-state index contributed by atoms with van der Waals surface area (Å²) in [5.74, 6) is -0.312. The van der Waals surface area contributed by atoms with Crippen LogP contribution in [0.15, 0.2) is 18.2 Å². The van der Waals surface area contributed by atoms with E-state index in [1.54, 1.807) is 0 Å². The van der Waals surface area contributed by atoms with E-state index in [9.17, 15) is 9.50 Å². The molecular weight excluding hydrogens is 283 g/mol. The fourth-order valence-electron chi connectivity index (χ4n) is 3.51. The maximum absolute atomic E-state index is 13.7. The minimum absolute atomic E-state index is 0.125. The van der Waals surface area contributed by atoms with Gasteiger partial charge in [0.15, 0.2) is 0 Å². The molecular formula is C17H25FN2O2. The van der Waals surface area contributed by atoms with Crippen LogP contribution in [0.1, 0.15) is 37.9 Å². The van der Waals surface area contributed by atoms with Crippen LogP contribution >= 0.6 is 0 Å². The topological polar surface area (TPSA) is 44.7 Å². The first kappa shape index (κ1) is 15.9. The smallest absolute Gasteiger partial charge is 0.136 e. The van der Waals surface area contributed by atoms with Crippen LogP contribution in [0.5, 0.6) is 0 Å². The van der Waals surface area contributed by atoms with Crippen LogP contribution in [-0.4, -0.2) is 48.4 Å². The number of piperazine rings is 1. The van der Waals surface area contributed by atoms with E-state index in [1.165, 1.54) is 12.1 Å². The summed E-state index contributed by atoms with van der Waals surface area (Å²) in [7, 11) is 0. The standard InChI is InChI=1S/C17H25FN2O2/c1-11-8-20(12(2)7-19-11)13(3)15-5-4-14(18)6-16(15)17(21)9-22-10-17/h4-6,11-13,19,21H,7-10H2,1-3H3/t11-,12+,13?/m0/s1. The molecule has 22 heavy (non-hydrogen) atoms. The molecule has 2 aliphatic heterocycles. The molecule has 0 amide bonds. The molecule has 5 heteroatoms. The highest BCUT2D eigenvalue weighted by molar-refractivity contribution is 5.37. The molecule has 2 fully saturated rings. The molecule has 3 atom stereocenters. The summed E-state index contributed by atoms with van der Waals surface area (Å²) in [5, 5.41) is 14.1. The van der Waals surface area contributed by atoms with E-state index in [-0.39, 0.29) is 25.1 Å². The molecule has 0 radical (unpaired) electrons. The summed E-state index contributed by atoms with van der Waals surface area (Å²) in [4.78, 5) is 2.42. The predicted molar refractivity (Wildman–Crippen MR) is 83.2 cm³/mol. The number of nitrogens with one attached hydrogen (secondary N) is 1. The Morgan fingerprint density at radius 1 is 1.41 bits per heavy atom. The molecule has 0 aliphatic carbocycles. The van der Waals surface area contributed by atoms with Crippen LogP contribution in [0.25, 0.3) is 0 Å². The Morgan fingerprint density at radius 2 is 2.14 bits per heavy atom. The highest BCUT2D eigenvalue weighted by Crippen LogP contribution is 2.37. The average Bonchev–Trinajstić information content (AvgIpc) is 2.46. The Balaban J connectivity index is 1.93. The number of hydrogen-bond acceptors (Lipinski definition) is 4. The van der Waals surface area contributed by atoms with Gasteiger partial charge in [-0.1, -0.05) is 6.07 Å². The number of aliphatic hydroxyl groups is 1. The molecule has 2 saturated heterocycles. The summed E-state index contributed by atoms with van der Waals surface area (Å²) in [6, 6.07) is 5.71. The van der Waals surface area contributed by atoms with Crippen molar-refractivity contribution in [3.05, 3.63) is 35.1 Å². The molecule has 3 rings (SSSR count). The number of ether oxygens (including phenoxy) is 1. The number of nitrogens with zero attached hydrogens (tertiary/aromatic N) is 1. The third-order valence-electron chi connectivity index (χ3n) is 4.96. The van der Waals surface area contributed by atoms with Crippen molar-refractivity contribution in [2.45, 2.75) is 44.5 Å². The fraction of sp³-hybridized carbons (Fsp3) is 0.647. The molecule has 122 valence electrons. The Morgan fingerprint density at radius 3 is 2.77 bits per heavy atom. The number of hydrogen-bond donors (Lipinski definition) is 2. The summed E-state index contributed by atoms with van der Waals surface area (Å²) in [5.41, 5.74) is 0.618. The predicted octanol–water partition coefficient (Wildman–Crippen LogP) is 1.79. The molecule has 2 heterocycles. The Kier molecular flexibility index (Phi) is 4.25. The third-order valence-corrected chi connectivity index (χ3v) is 4.96. The number of rotatable bonds is 3. The van der Waals surface area contributed by atoms with E-state index in [2.05, 4.69) is 31.0 Å². The van der Waals surface area contributed by atoms with Gasteiger partial charge in [0, 0.05) is 31.2 Å². The highest BCUT2D eigenvalue weighted by Gasteiger charge is 2.41. The first-order valence-electron chi connectivity index (χ1n) is 8.00. The first-order valence-corrected chi connectivity index (χ1v) is 8.00. The number of halogens is 1. The minimum atomic E-state index is -1.05. The van der Waals surface area contributed by atoms with Crippen LogP contribution in [-0.2, 0) is 10.3 Å². The van der Waals surface area contributed by atoms with Gasteiger partial charge in [0.25, 0.3) is 0 Å². The van der Waals surface area contributed by atoms with E-state index < -0.39 is 5.60 Å². The lowest BCUT2D eigenvalue weighted by molar-refractivity contribution is -0.185. The van der Waals surface area contributed by atoms with Crippen molar-refractivity contribution in [1.29, 1.82) is 0 Å². The highest BCUT2D eigenvalue weighted by atomic mass is 19.1. The molecule has 1 unspecified atom stereocenters. The Bertz CT molecular complexity index is 547. The van der Waals surface area contributed by atoms with E-state index in [0.29, 0.717) is 17.6 Å². The van der Waals surface area contributed by atoms with Crippen LogP contribution < -0.4 is 5.32 Å². The molecule has 0 aromatic heterocycles. The van der Waals surface area contributed by atoms with Gasteiger partial charge in [-0.25, -0.2) is 4.39 Å². The normalized spacial score (nSPS) is 29.9. The fourth-order valence-corrected chi connectivity index (χ4v) is 3.51. The van der Waals surface area contributed by atoms with Gasteiger partial charge in [-0.15, -0.1) is 0 Å². The Hall–Kier alpha value is -1.01. The zero-order valence-corrected chi connectivity index (χ0v) is 13.5. The van der Waals surface area contributed by atoms with Gasteiger partial charge in [-0.2, -0.15) is 0 Å². The molecule has 2 aliphatic rings. The summed E-state index contributed by atoms with van der Waals surface area (Å²) >= 11 is 0. The second-order valence-corrected chi connectivity index (χ2v) is 6.79. The largest absolute Gasteiger partial charge is 0.380 e. The maximum atomic E-state index is 13.7. The molecule has 1 aromatic carbocycles. The molecule has 4 nitrogen and oxygen atoms in total. The van der Waals surface area contributed by atoms with Crippen molar-refractivity contribution in [3.8, 4) is 0 Å².